The molecule has 0 radical (unpaired) electrons. The minimum absolute atomic E-state index is 0.0462. The number of H-pyrrole nitrogens is 1. The molecule has 2 aromatic heterocycles. The van der Waals surface area contributed by atoms with Gasteiger partial charge in [-0.05, 0) is 36.1 Å². The number of aromatic amines is 1. The first-order valence-electron chi connectivity index (χ1n) is 8.98. The lowest BCUT2D eigenvalue weighted by Crippen LogP contribution is -2.31. The molecule has 28 heavy (non-hydrogen) atoms. The molecule has 1 aliphatic heterocycles. The Morgan fingerprint density at radius 1 is 1.29 bits per heavy atom. The Morgan fingerprint density at radius 2 is 2.14 bits per heavy atom. The molecule has 1 aliphatic rings. The van der Waals surface area contributed by atoms with Gasteiger partial charge >= 0.3 is 0 Å². The van der Waals surface area contributed by atoms with Crippen LogP contribution >= 0.6 is 23.1 Å². The summed E-state index contributed by atoms with van der Waals surface area (Å²) in [5.74, 6) is 2.56. The lowest BCUT2D eigenvalue weighted by Gasteiger charge is -2.23. The zero-order chi connectivity index (χ0) is 19.3. The van der Waals surface area contributed by atoms with Crippen LogP contribution in [0.4, 0.5) is 0 Å². The monoisotopic (exact) mass is 416 g/mol. The standard InChI is InChI=1S/C19H20N4O3S2/c1-2-23(11-13-5-6-14-15(10-13)26-8-7-25-14)17(24)12-28-19-20-18(21-22-19)16-4-3-9-27-16/h3-6,9-10H,2,7-8,11-12H2,1H3,(H,20,21,22). The van der Waals surface area contributed by atoms with Gasteiger partial charge in [0.1, 0.15) is 13.2 Å². The average Bonchev–Trinajstić information content (AvgIpc) is 3.41. The molecule has 146 valence electrons. The van der Waals surface area contributed by atoms with E-state index in [2.05, 4.69) is 15.2 Å². The molecular weight excluding hydrogens is 396 g/mol. The van der Waals surface area contributed by atoms with Gasteiger partial charge in [-0.2, -0.15) is 0 Å². The van der Waals surface area contributed by atoms with Gasteiger partial charge in [-0.25, -0.2) is 4.98 Å². The molecule has 7 nitrogen and oxygen atoms in total. The Morgan fingerprint density at radius 3 is 2.93 bits per heavy atom. The molecule has 0 fully saturated rings. The Hall–Kier alpha value is -2.52. The maximum absolute atomic E-state index is 12.7. The van der Waals surface area contributed by atoms with Gasteiger partial charge in [0.25, 0.3) is 0 Å². The van der Waals surface area contributed by atoms with Crippen LogP contribution in [0.3, 0.4) is 0 Å². The molecule has 1 aromatic carbocycles. The maximum atomic E-state index is 12.7. The molecule has 3 aromatic rings. The number of nitrogens with one attached hydrogen (secondary N) is 1. The van der Waals surface area contributed by atoms with Crippen LogP contribution in [0.1, 0.15) is 12.5 Å². The quantitative estimate of drug-likeness (QED) is 0.594. The fourth-order valence-corrected chi connectivity index (χ4v) is 4.20. The summed E-state index contributed by atoms with van der Waals surface area (Å²) in [6.07, 6.45) is 0. The van der Waals surface area contributed by atoms with E-state index in [4.69, 9.17) is 9.47 Å². The molecule has 9 heteroatoms. The predicted octanol–water partition coefficient (Wildman–Crippen LogP) is 3.45. The number of carbonyl (C=O) groups excluding carboxylic acids is 1. The van der Waals surface area contributed by atoms with Gasteiger partial charge in [0.2, 0.25) is 11.1 Å². The number of benzene rings is 1. The number of fused-ring (bicyclic) bond motifs is 1. The number of amides is 1. The average molecular weight is 417 g/mol. The molecule has 0 unspecified atom stereocenters. The largest absolute Gasteiger partial charge is 0.486 e. The fourth-order valence-electron chi connectivity index (χ4n) is 2.83. The van der Waals surface area contributed by atoms with Crippen molar-refractivity contribution in [2.45, 2.75) is 18.6 Å². The van der Waals surface area contributed by atoms with Crippen molar-refractivity contribution < 1.29 is 14.3 Å². The summed E-state index contributed by atoms with van der Waals surface area (Å²) in [7, 11) is 0. The summed E-state index contributed by atoms with van der Waals surface area (Å²) in [5, 5.41) is 9.68. The first-order valence-corrected chi connectivity index (χ1v) is 10.8. The lowest BCUT2D eigenvalue weighted by molar-refractivity contribution is -0.128. The molecular formula is C19H20N4O3S2. The van der Waals surface area contributed by atoms with E-state index in [1.165, 1.54) is 11.8 Å². The van der Waals surface area contributed by atoms with Crippen molar-refractivity contribution in [2.75, 3.05) is 25.5 Å². The lowest BCUT2D eigenvalue weighted by atomic mass is 10.2. The minimum atomic E-state index is 0.0462. The molecule has 3 heterocycles. The van der Waals surface area contributed by atoms with Gasteiger partial charge in [0, 0.05) is 13.1 Å². The van der Waals surface area contributed by atoms with Crippen LogP contribution < -0.4 is 9.47 Å². The first-order chi connectivity index (χ1) is 13.7. The number of hydrogen-bond donors (Lipinski definition) is 1. The Labute approximate surface area is 171 Å². The van der Waals surface area contributed by atoms with Gasteiger partial charge in [-0.15, -0.1) is 16.4 Å². The predicted molar refractivity (Wildman–Crippen MR) is 109 cm³/mol. The highest BCUT2D eigenvalue weighted by Crippen LogP contribution is 2.31. The summed E-state index contributed by atoms with van der Waals surface area (Å²) >= 11 is 2.93. The summed E-state index contributed by atoms with van der Waals surface area (Å²) in [6, 6.07) is 9.77. The highest BCUT2D eigenvalue weighted by atomic mass is 32.2. The number of hydrogen-bond acceptors (Lipinski definition) is 7. The number of aromatic nitrogens is 3. The summed E-state index contributed by atoms with van der Waals surface area (Å²) < 4.78 is 11.2. The van der Waals surface area contributed by atoms with Crippen molar-refractivity contribution in [3.63, 3.8) is 0 Å². The zero-order valence-electron chi connectivity index (χ0n) is 15.4. The molecule has 0 saturated heterocycles. The third kappa shape index (κ3) is 4.31. The van der Waals surface area contributed by atoms with E-state index in [0.29, 0.717) is 37.2 Å². The number of carbonyl (C=O) groups is 1. The number of nitrogens with zero attached hydrogens (tertiary/aromatic N) is 3. The summed E-state index contributed by atoms with van der Waals surface area (Å²) in [4.78, 5) is 19.9. The Balaban J connectivity index is 1.35. The molecule has 0 atom stereocenters. The number of ether oxygens (including phenoxy) is 2. The van der Waals surface area contributed by atoms with Crippen LogP contribution in [-0.4, -0.2) is 51.5 Å². The van der Waals surface area contributed by atoms with Crippen molar-refractivity contribution in [3.8, 4) is 22.2 Å². The van der Waals surface area contributed by atoms with Crippen molar-refractivity contribution in [3.05, 3.63) is 41.3 Å². The number of rotatable bonds is 7. The second kappa shape index (κ2) is 8.66. The highest BCUT2D eigenvalue weighted by Gasteiger charge is 2.17. The third-order valence-electron chi connectivity index (χ3n) is 4.26. The third-order valence-corrected chi connectivity index (χ3v) is 5.97. The van der Waals surface area contributed by atoms with E-state index in [0.717, 1.165) is 27.8 Å². The van der Waals surface area contributed by atoms with Gasteiger partial charge in [0.05, 0.1) is 10.6 Å². The van der Waals surface area contributed by atoms with Crippen LogP contribution in [0.25, 0.3) is 10.7 Å². The highest BCUT2D eigenvalue weighted by molar-refractivity contribution is 7.99. The van der Waals surface area contributed by atoms with Crippen LogP contribution in [0, 0.1) is 0 Å². The van der Waals surface area contributed by atoms with E-state index in [-0.39, 0.29) is 5.91 Å². The van der Waals surface area contributed by atoms with E-state index in [1.807, 2.05) is 47.5 Å². The fraction of sp³-hybridized carbons (Fsp3) is 0.316. The molecule has 0 saturated carbocycles. The van der Waals surface area contributed by atoms with Crippen LogP contribution in [-0.2, 0) is 11.3 Å². The van der Waals surface area contributed by atoms with Crippen LogP contribution in [0.2, 0.25) is 0 Å². The number of thiophene rings is 1. The normalized spacial score (nSPS) is 12.8. The van der Waals surface area contributed by atoms with Crippen molar-refractivity contribution in [1.82, 2.24) is 20.1 Å². The first kappa shape index (κ1) is 18.8. The van der Waals surface area contributed by atoms with Crippen molar-refractivity contribution in [1.29, 1.82) is 0 Å². The summed E-state index contributed by atoms with van der Waals surface area (Å²) in [6.45, 7) is 4.25. The van der Waals surface area contributed by atoms with Crippen molar-refractivity contribution in [2.24, 2.45) is 0 Å². The molecule has 1 amide bonds. The second-order valence-electron chi connectivity index (χ2n) is 6.12. The summed E-state index contributed by atoms with van der Waals surface area (Å²) in [5.41, 5.74) is 1.02. The molecule has 1 N–H and O–H groups in total. The molecule has 4 rings (SSSR count). The number of thioether (sulfide) groups is 1. The van der Waals surface area contributed by atoms with Gasteiger partial charge in [-0.3, -0.25) is 9.89 Å². The zero-order valence-corrected chi connectivity index (χ0v) is 17.0. The van der Waals surface area contributed by atoms with Crippen LogP contribution in [0.5, 0.6) is 11.5 Å². The minimum Gasteiger partial charge on any atom is -0.486 e. The van der Waals surface area contributed by atoms with E-state index < -0.39 is 0 Å². The van der Waals surface area contributed by atoms with Crippen LogP contribution in [0.15, 0.2) is 40.9 Å². The van der Waals surface area contributed by atoms with E-state index >= 15 is 0 Å². The van der Waals surface area contributed by atoms with Gasteiger partial charge in [-0.1, -0.05) is 23.9 Å². The van der Waals surface area contributed by atoms with Gasteiger partial charge in [0.15, 0.2) is 17.3 Å². The second-order valence-corrected chi connectivity index (χ2v) is 8.01. The van der Waals surface area contributed by atoms with Crippen molar-refractivity contribution >= 4 is 29.0 Å². The van der Waals surface area contributed by atoms with E-state index in [1.54, 1.807) is 11.3 Å². The Bertz CT molecular complexity index is 943. The molecule has 0 spiro atoms. The SMILES string of the molecule is CCN(Cc1ccc2c(c1)OCCO2)C(=O)CSc1n[nH]c(-c2cccs2)n1. The Kier molecular flexibility index (Phi) is 5.82. The van der Waals surface area contributed by atoms with Gasteiger partial charge < -0.3 is 14.4 Å². The topological polar surface area (TPSA) is 80.3 Å². The maximum Gasteiger partial charge on any atom is 0.233 e. The molecule has 0 bridgehead atoms. The molecule has 0 aliphatic carbocycles. The smallest absolute Gasteiger partial charge is 0.233 e. The van der Waals surface area contributed by atoms with E-state index in [9.17, 15) is 4.79 Å².